The van der Waals surface area contributed by atoms with Gasteiger partial charge in [-0.3, -0.25) is 0 Å². The molecule has 3 aliphatic rings. The molecule has 0 radical (unpaired) electrons. The van der Waals surface area contributed by atoms with Crippen LogP contribution in [0.5, 0.6) is 0 Å². The average molecular weight is 157 g/mol. The van der Waals surface area contributed by atoms with Crippen LogP contribution in [0.3, 0.4) is 0 Å². The van der Waals surface area contributed by atoms with E-state index < -0.39 is 0 Å². The quantitative estimate of drug-likeness (QED) is 0.567. The number of fused-ring (bicyclic) bond motifs is 2. The molecule has 3 rings (SSSR count). The predicted molar refractivity (Wildman–Crippen MR) is 49.6 cm³/mol. The van der Waals surface area contributed by atoms with Crippen LogP contribution in [-0.4, -0.2) is 6.54 Å². The molecule has 12 heavy (non-hydrogen) atoms. The van der Waals surface area contributed by atoms with E-state index in [1.165, 1.54) is 28.8 Å². The first-order chi connectivity index (χ1) is 5.95. The Kier molecular flexibility index (Phi) is 1.12. The summed E-state index contributed by atoms with van der Waals surface area (Å²) in [5.41, 5.74) is 5.84. The highest BCUT2D eigenvalue weighted by Gasteiger charge is 2.24. The van der Waals surface area contributed by atoms with Gasteiger partial charge in [-0.25, -0.2) is 0 Å². The zero-order valence-electron chi connectivity index (χ0n) is 6.93. The Balaban J connectivity index is 2.13. The van der Waals surface area contributed by atoms with Crippen molar-refractivity contribution in [2.24, 2.45) is 0 Å². The fourth-order valence-electron chi connectivity index (χ4n) is 2.14. The first-order valence-corrected chi connectivity index (χ1v) is 4.50. The summed E-state index contributed by atoms with van der Waals surface area (Å²) in [5.74, 6) is 0. The van der Waals surface area contributed by atoms with E-state index >= 15 is 0 Å². The number of allylic oxidation sites excluding steroid dienone is 5. The highest BCUT2D eigenvalue weighted by molar-refractivity contribution is 5.62. The minimum Gasteiger partial charge on any atom is -0.384 e. The number of rotatable bonds is 0. The highest BCUT2D eigenvalue weighted by atomic mass is 14.9. The second-order valence-corrected chi connectivity index (χ2v) is 3.46. The molecule has 1 nitrogen and oxygen atoms in total. The number of hydrogen-bond donors (Lipinski definition) is 1. The molecule has 2 aliphatic carbocycles. The summed E-state index contributed by atoms with van der Waals surface area (Å²) in [6.07, 6.45) is 11.3. The Hall–Kier alpha value is -1.24. The number of nitrogens with one attached hydrogen (secondary N) is 1. The van der Waals surface area contributed by atoms with Crippen molar-refractivity contribution in [2.45, 2.75) is 12.8 Å². The zero-order chi connectivity index (χ0) is 7.97. The molecule has 0 fully saturated rings. The first kappa shape index (κ1) is 6.30. The van der Waals surface area contributed by atoms with Gasteiger partial charge >= 0.3 is 0 Å². The van der Waals surface area contributed by atoms with Crippen LogP contribution in [0.1, 0.15) is 12.8 Å². The second kappa shape index (κ2) is 2.13. The normalized spacial score (nSPS) is 24.7. The van der Waals surface area contributed by atoms with E-state index in [4.69, 9.17) is 0 Å². The number of hydrogen-bond acceptors (Lipinski definition) is 1. The van der Waals surface area contributed by atoms with Crippen molar-refractivity contribution < 1.29 is 0 Å². The van der Waals surface area contributed by atoms with Crippen LogP contribution in [0, 0.1) is 0 Å². The maximum absolute atomic E-state index is 3.44. The Morgan fingerprint density at radius 2 is 2.33 bits per heavy atom. The largest absolute Gasteiger partial charge is 0.384 e. The van der Waals surface area contributed by atoms with Gasteiger partial charge in [-0.15, -0.1) is 0 Å². The molecule has 1 aliphatic heterocycles. The molecular formula is C11H11N. The SMILES string of the molecule is C1=CCC2=CC3=C(NCC3)C2=C1. The Morgan fingerprint density at radius 1 is 1.33 bits per heavy atom. The first-order valence-electron chi connectivity index (χ1n) is 4.50. The second-order valence-electron chi connectivity index (χ2n) is 3.46. The molecule has 1 heteroatoms. The van der Waals surface area contributed by atoms with Gasteiger partial charge in [-0.05, 0) is 24.0 Å². The molecule has 0 saturated heterocycles. The van der Waals surface area contributed by atoms with Gasteiger partial charge in [0.2, 0.25) is 0 Å². The lowest BCUT2D eigenvalue weighted by molar-refractivity contribution is 0.872. The van der Waals surface area contributed by atoms with Crippen molar-refractivity contribution in [3.8, 4) is 0 Å². The molecule has 0 atom stereocenters. The molecule has 0 spiro atoms. The van der Waals surface area contributed by atoms with E-state index in [1.807, 2.05) is 0 Å². The molecule has 0 unspecified atom stereocenters. The molecule has 1 heterocycles. The van der Waals surface area contributed by atoms with E-state index in [9.17, 15) is 0 Å². The lowest BCUT2D eigenvalue weighted by atomic mass is 10.00. The summed E-state index contributed by atoms with van der Waals surface area (Å²) in [7, 11) is 0. The predicted octanol–water partition coefficient (Wildman–Crippen LogP) is 2.06. The van der Waals surface area contributed by atoms with Gasteiger partial charge in [-0.1, -0.05) is 24.3 Å². The summed E-state index contributed by atoms with van der Waals surface area (Å²) < 4.78 is 0. The van der Waals surface area contributed by atoms with Gasteiger partial charge < -0.3 is 5.32 Å². The van der Waals surface area contributed by atoms with Crippen LogP contribution in [0.2, 0.25) is 0 Å². The minimum absolute atomic E-state index is 1.11. The van der Waals surface area contributed by atoms with Gasteiger partial charge in [0.1, 0.15) is 0 Å². The van der Waals surface area contributed by atoms with Gasteiger partial charge in [0.15, 0.2) is 0 Å². The fourth-order valence-corrected chi connectivity index (χ4v) is 2.14. The molecule has 0 aromatic carbocycles. The van der Waals surface area contributed by atoms with Gasteiger partial charge in [0, 0.05) is 17.8 Å². The van der Waals surface area contributed by atoms with E-state index in [0.717, 1.165) is 13.0 Å². The Labute approximate surface area is 72.2 Å². The smallest absolute Gasteiger partial charge is 0.0450 e. The van der Waals surface area contributed by atoms with Gasteiger partial charge in [0.25, 0.3) is 0 Å². The van der Waals surface area contributed by atoms with Crippen molar-refractivity contribution in [3.05, 3.63) is 46.7 Å². The van der Waals surface area contributed by atoms with Crippen LogP contribution in [0.15, 0.2) is 46.7 Å². The maximum atomic E-state index is 3.44. The van der Waals surface area contributed by atoms with E-state index in [0.29, 0.717) is 0 Å². The molecule has 0 amide bonds. The summed E-state index contributed by atoms with van der Waals surface area (Å²) in [5, 5.41) is 3.44. The van der Waals surface area contributed by atoms with Crippen molar-refractivity contribution >= 4 is 0 Å². The van der Waals surface area contributed by atoms with E-state index in [-0.39, 0.29) is 0 Å². The van der Waals surface area contributed by atoms with Crippen LogP contribution in [0.4, 0.5) is 0 Å². The van der Waals surface area contributed by atoms with E-state index in [1.54, 1.807) is 0 Å². The van der Waals surface area contributed by atoms with Crippen LogP contribution >= 0.6 is 0 Å². The lowest BCUT2D eigenvalue weighted by Gasteiger charge is -2.10. The van der Waals surface area contributed by atoms with Crippen LogP contribution in [-0.2, 0) is 0 Å². The van der Waals surface area contributed by atoms with Crippen molar-refractivity contribution in [3.63, 3.8) is 0 Å². The molecule has 0 bridgehead atoms. The molecule has 1 N–H and O–H groups in total. The van der Waals surface area contributed by atoms with Crippen molar-refractivity contribution in [1.29, 1.82) is 0 Å². The Morgan fingerprint density at radius 3 is 3.33 bits per heavy atom. The summed E-state index contributed by atoms with van der Waals surface area (Å²) in [6.45, 7) is 1.12. The highest BCUT2D eigenvalue weighted by Crippen LogP contribution is 2.37. The summed E-state index contributed by atoms with van der Waals surface area (Å²) >= 11 is 0. The summed E-state index contributed by atoms with van der Waals surface area (Å²) in [4.78, 5) is 0. The average Bonchev–Trinajstić information content (AvgIpc) is 2.62. The molecule has 0 aromatic rings. The van der Waals surface area contributed by atoms with Gasteiger partial charge in [0.05, 0.1) is 0 Å². The molecule has 0 saturated carbocycles. The zero-order valence-corrected chi connectivity index (χ0v) is 6.93. The fraction of sp³-hybridized carbons (Fsp3) is 0.273. The van der Waals surface area contributed by atoms with E-state index in [2.05, 4.69) is 29.6 Å². The molecular weight excluding hydrogens is 146 g/mol. The van der Waals surface area contributed by atoms with Crippen LogP contribution in [0.25, 0.3) is 0 Å². The monoisotopic (exact) mass is 157 g/mol. The van der Waals surface area contributed by atoms with Crippen molar-refractivity contribution in [1.82, 2.24) is 5.32 Å². The lowest BCUT2D eigenvalue weighted by Crippen LogP contribution is -2.10. The third kappa shape index (κ3) is 0.685. The minimum atomic E-state index is 1.11. The van der Waals surface area contributed by atoms with Crippen LogP contribution < -0.4 is 5.32 Å². The summed E-state index contributed by atoms with van der Waals surface area (Å²) in [6, 6.07) is 0. The maximum Gasteiger partial charge on any atom is 0.0450 e. The Bertz CT molecular complexity index is 353. The third-order valence-electron chi connectivity index (χ3n) is 2.72. The topological polar surface area (TPSA) is 12.0 Å². The molecule has 60 valence electrons. The van der Waals surface area contributed by atoms with Gasteiger partial charge in [-0.2, -0.15) is 0 Å². The molecule has 0 aromatic heterocycles. The standard InChI is InChI=1S/C11H11N/c1-2-4-10-8(3-1)7-9-5-6-12-11(9)10/h1-2,4,7,12H,3,5-6H2. The third-order valence-corrected chi connectivity index (χ3v) is 2.72. The van der Waals surface area contributed by atoms with Crippen molar-refractivity contribution in [2.75, 3.05) is 6.54 Å².